The summed E-state index contributed by atoms with van der Waals surface area (Å²) in [5.41, 5.74) is 1.36. The Labute approximate surface area is 185 Å². The quantitative estimate of drug-likeness (QED) is 0.638. The van der Waals surface area contributed by atoms with Crippen molar-refractivity contribution in [3.05, 3.63) is 88.2 Å². The first-order valence-electron chi connectivity index (χ1n) is 10.2. The van der Waals surface area contributed by atoms with Crippen molar-refractivity contribution in [3.63, 3.8) is 0 Å². The second-order valence-corrected chi connectivity index (χ2v) is 7.89. The van der Waals surface area contributed by atoms with Crippen molar-refractivity contribution < 1.29 is 9.18 Å². The molecule has 0 atom stereocenters. The summed E-state index contributed by atoms with van der Waals surface area (Å²) in [6.07, 6.45) is 2.74. The van der Waals surface area contributed by atoms with E-state index in [2.05, 4.69) is 20.4 Å². The molecule has 0 fully saturated rings. The van der Waals surface area contributed by atoms with Crippen LogP contribution in [0.15, 0.2) is 59.6 Å². The molecule has 1 aliphatic rings. The molecule has 0 saturated carbocycles. The molecule has 0 bridgehead atoms. The molecule has 0 aliphatic carbocycles. The van der Waals surface area contributed by atoms with Gasteiger partial charge in [-0.05, 0) is 29.8 Å². The predicted molar refractivity (Wildman–Crippen MR) is 118 cm³/mol. The van der Waals surface area contributed by atoms with Crippen LogP contribution in [-0.4, -0.2) is 45.2 Å². The Morgan fingerprint density at radius 2 is 1.94 bits per heavy atom. The molecule has 2 aromatic carbocycles. The van der Waals surface area contributed by atoms with E-state index in [1.54, 1.807) is 6.07 Å². The van der Waals surface area contributed by atoms with Gasteiger partial charge in [-0.2, -0.15) is 0 Å². The second kappa shape index (κ2) is 9.85. The number of nitrogens with zero attached hydrogens (tertiary/aromatic N) is 4. The van der Waals surface area contributed by atoms with Crippen LogP contribution in [0.1, 0.15) is 27.6 Å². The van der Waals surface area contributed by atoms with Gasteiger partial charge in [-0.25, -0.2) is 4.39 Å². The van der Waals surface area contributed by atoms with Gasteiger partial charge in [0.05, 0.1) is 6.54 Å². The average Bonchev–Trinajstić information content (AvgIpc) is 3.05. The van der Waals surface area contributed by atoms with E-state index in [4.69, 9.17) is 11.6 Å². The topological polar surface area (TPSA) is 63.1 Å². The van der Waals surface area contributed by atoms with Crippen LogP contribution in [0.5, 0.6) is 0 Å². The molecule has 4 rings (SSSR count). The summed E-state index contributed by atoms with van der Waals surface area (Å²) >= 11 is 6.48. The van der Waals surface area contributed by atoms with Crippen LogP contribution in [0.4, 0.5) is 4.39 Å². The van der Waals surface area contributed by atoms with Crippen LogP contribution in [0.3, 0.4) is 0 Å². The standard InChI is InChI=1S/C23H23ClFN5O/c24-19(13-17-5-2-1-3-6-17)16-29-10-9-21-27-28-22(30(21)12-11-29)15-26-23(31)18-7-4-8-20(25)14-18/h1-8,13-14H,9-12,15-16H2,(H,26,31). The Balaban J connectivity index is 1.35. The number of rotatable bonds is 6. The summed E-state index contributed by atoms with van der Waals surface area (Å²) in [6, 6.07) is 15.6. The van der Waals surface area contributed by atoms with Crippen molar-refractivity contribution in [2.45, 2.75) is 19.5 Å². The summed E-state index contributed by atoms with van der Waals surface area (Å²) in [7, 11) is 0. The van der Waals surface area contributed by atoms with E-state index in [-0.39, 0.29) is 18.0 Å². The monoisotopic (exact) mass is 439 g/mol. The zero-order valence-corrected chi connectivity index (χ0v) is 17.7. The summed E-state index contributed by atoms with van der Waals surface area (Å²) in [4.78, 5) is 14.6. The van der Waals surface area contributed by atoms with Crippen LogP contribution < -0.4 is 5.32 Å². The van der Waals surface area contributed by atoms with Gasteiger partial charge < -0.3 is 9.88 Å². The third kappa shape index (κ3) is 5.57. The summed E-state index contributed by atoms with van der Waals surface area (Å²) < 4.78 is 15.4. The maximum absolute atomic E-state index is 13.3. The Morgan fingerprint density at radius 1 is 1.10 bits per heavy atom. The highest BCUT2D eigenvalue weighted by atomic mass is 35.5. The molecular formula is C23H23ClFN5O. The fraction of sp³-hybridized carbons (Fsp3) is 0.261. The van der Waals surface area contributed by atoms with Crippen molar-refractivity contribution in [2.24, 2.45) is 0 Å². The highest BCUT2D eigenvalue weighted by Crippen LogP contribution is 2.15. The summed E-state index contributed by atoms with van der Waals surface area (Å²) in [6.45, 7) is 3.24. The minimum atomic E-state index is -0.441. The van der Waals surface area contributed by atoms with Gasteiger partial charge in [0.15, 0.2) is 5.82 Å². The molecule has 0 saturated heterocycles. The fourth-order valence-corrected chi connectivity index (χ4v) is 3.89. The fourth-order valence-electron chi connectivity index (χ4n) is 3.60. The molecule has 0 unspecified atom stereocenters. The molecule has 1 aromatic heterocycles. The zero-order chi connectivity index (χ0) is 21.6. The average molecular weight is 440 g/mol. The minimum Gasteiger partial charge on any atom is -0.345 e. The number of benzene rings is 2. The zero-order valence-electron chi connectivity index (χ0n) is 17.0. The number of amides is 1. The number of nitrogens with one attached hydrogen (secondary N) is 1. The van der Waals surface area contributed by atoms with Gasteiger partial charge in [0, 0.05) is 43.2 Å². The summed E-state index contributed by atoms with van der Waals surface area (Å²) in [5.74, 6) is 0.794. The number of hydrogen-bond acceptors (Lipinski definition) is 4. The van der Waals surface area contributed by atoms with Crippen LogP contribution in [0.25, 0.3) is 6.08 Å². The molecule has 6 nitrogen and oxygen atoms in total. The first kappa shape index (κ1) is 21.2. The number of aromatic nitrogens is 3. The first-order chi connectivity index (χ1) is 15.1. The van der Waals surface area contributed by atoms with Gasteiger partial charge in [-0.1, -0.05) is 48.0 Å². The summed E-state index contributed by atoms with van der Waals surface area (Å²) in [5, 5.41) is 12.1. The van der Waals surface area contributed by atoms with E-state index in [0.29, 0.717) is 18.9 Å². The van der Waals surface area contributed by atoms with Gasteiger partial charge in [-0.15, -0.1) is 10.2 Å². The van der Waals surface area contributed by atoms with Gasteiger partial charge in [0.25, 0.3) is 5.91 Å². The molecule has 160 valence electrons. The van der Waals surface area contributed by atoms with Crippen LogP contribution in [0.2, 0.25) is 0 Å². The predicted octanol–water partition coefficient (Wildman–Crippen LogP) is 3.49. The van der Waals surface area contributed by atoms with Gasteiger partial charge in [0.1, 0.15) is 11.6 Å². The maximum Gasteiger partial charge on any atom is 0.251 e. The highest BCUT2D eigenvalue weighted by molar-refractivity contribution is 6.31. The van der Waals surface area contributed by atoms with Crippen molar-refractivity contribution in [2.75, 3.05) is 19.6 Å². The lowest BCUT2D eigenvalue weighted by atomic mass is 10.2. The molecule has 1 aliphatic heterocycles. The minimum absolute atomic E-state index is 0.233. The highest BCUT2D eigenvalue weighted by Gasteiger charge is 2.19. The molecule has 0 spiro atoms. The van der Waals surface area contributed by atoms with Gasteiger partial charge in [-0.3, -0.25) is 9.69 Å². The van der Waals surface area contributed by atoms with E-state index < -0.39 is 5.82 Å². The van der Waals surface area contributed by atoms with E-state index in [0.717, 1.165) is 35.9 Å². The lowest BCUT2D eigenvalue weighted by Gasteiger charge is -2.19. The molecule has 3 aromatic rings. The number of carbonyl (C=O) groups excluding carboxylic acids is 1. The molecule has 2 heterocycles. The van der Waals surface area contributed by atoms with Crippen molar-refractivity contribution >= 4 is 23.6 Å². The van der Waals surface area contributed by atoms with Crippen LogP contribution >= 0.6 is 11.6 Å². The Kier molecular flexibility index (Phi) is 6.74. The third-order valence-corrected chi connectivity index (χ3v) is 5.42. The smallest absolute Gasteiger partial charge is 0.251 e. The van der Waals surface area contributed by atoms with E-state index in [1.165, 1.54) is 18.2 Å². The van der Waals surface area contributed by atoms with Gasteiger partial charge in [0.2, 0.25) is 0 Å². The van der Waals surface area contributed by atoms with Crippen LogP contribution in [0, 0.1) is 5.82 Å². The molecule has 1 amide bonds. The van der Waals surface area contributed by atoms with Crippen molar-refractivity contribution in [1.29, 1.82) is 0 Å². The first-order valence-corrected chi connectivity index (χ1v) is 10.5. The molecule has 1 N–H and O–H groups in total. The molecular weight excluding hydrogens is 417 g/mol. The van der Waals surface area contributed by atoms with E-state index in [1.807, 2.05) is 41.0 Å². The molecule has 0 radical (unpaired) electrons. The number of carbonyl (C=O) groups is 1. The lowest BCUT2D eigenvalue weighted by molar-refractivity contribution is 0.0949. The SMILES string of the molecule is O=C(NCc1nnc2n1CCN(CC(Cl)=Cc1ccccc1)CC2)c1cccc(F)c1. The maximum atomic E-state index is 13.3. The second-order valence-electron chi connectivity index (χ2n) is 7.41. The van der Waals surface area contributed by atoms with Crippen molar-refractivity contribution in [3.8, 4) is 0 Å². The lowest BCUT2D eigenvalue weighted by Crippen LogP contribution is -2.29. The van der Waals surface area contributed by atoms with Crippen LogP contribution in [-0.2, 0) is 19.5 Å². The Hall–Kier alpha value is -3.03. The Morgan fingerprint density at radius 3 is 2.74 bits per heavy atom. The molecule has 31 heavy (non-hydrogen) atoms. The number of fused-ring (bicyclic) bond motifs is 1. The largest absolute Gasteiger partial charge is 0.345 e. The number of halogens is 2. The van der Waals surface area contributed by atoms with Crippen molar-refractivity contribution in [1.82, 2.24) is 25.0 Å². The number of hydrogen-bond donors (Lipinski definition) is 1. The van der Waals surface area contributed by atoms with E-state index in [9.17, 15) is 9.18 Å². The normalized spacial score (nSPS) is 14.7. The third-order valence-electron chi connectivity index (χ3n) is 5.19. The Bertz CT molecular complexity index is 1080. The van der Waals surface area contributed by atoms with E-state index >= 15 is 0 Å². The van der Waals surface area contributed by atoms with Gasteiger partial charge >= 0.3 is 0 Å². The molecule has 8 heteroatoms.